The molecule has 0 aliphatic rings. The van der Waals surface area contributed by atoms with E-state index in [2.05, 4.69) is 15.3 Å². The van der Waals surface area contributed by atoms with E-state index in [1.54, 1.807) is 36.4 Å². The lowest BCUT2D eigenvalue weighted by molar-refractivity contribution is -0.267. The molecule has 0 aliphatic heterocycles. The third kappa shape index (κ3) is 6.20. The Bertz CT molecular complexity index is 1090. The number of hydrogen-bond acceptors (Lipinski definition) is 7. The predicted molar refractivity (Wildman–Crippen MR) is 115 cm³/mol. The molecule has 7 nitrogen and oxygen atoms in total. The van der Waals surface area contributed by atoms with Crippen LogP contribution in [0.25, 0.3) is 0 Å². The summed E-state index contributed by atoms with van der Waals surface area (Å²) in [6.45, 7) is 3.85. The van der Waals surface area contributed by atoms with Crippen molar-refractivity contribution in [1.29, 1.82) is 0 Å². The van der Waals surface area contributed by atoms with E-state index in [1.807, 2.05) is 6.92 Å². The second-order valence-electron chi connectivity index (χ2n) is 7.11. The molecule has 1 aromatic carbocycles. The molecule has 0 bridgehead atoms. The molecule has 0 aliphatic carbocycles. The number of benzene rings is 1. The Kier molecular flexibility index (Phi) is 7.54. The van der Waals surface area contributed by atoms with Crippen LogP contribution in [0, 0.1) is 6.92 Å². The number of pyridine rings is 1. The minimum Gasteiger partial charge on any atom is -0.494 e. The van der Waals surface area contributed by atoms with Crippen LogP contribution in [0.2, 0.25) is 0 Å². The van der Waals surface area contributed by atoms with Crippen molar-refractivity contribution in [3.63, 3.8) is 0 Å². The van der Waals surface area contributed by atoms with Gasteiger partial charge >= 0.3 is 6.18 Å². The zero-order valence-corrected chi connectivity index (χ0v) is 18.7. The smallest absolute Gasteiger partial charge is 0.424 e. The minimum absolute atomic E-state index is 0.0776. The average Bonchev–Trinajstić information content (AvgIpc) is 3.20. The maximum atomic E-state index is 13.6. The molecule has 2 heterocycles. The van der Waals surface area contributed by atoms with Gasteiger partial charge in [0.05, 0.1) is 13.0 Å². The van der Waals surface area contributed by atoms with Crippen LogP contribution < -0.4 is 14.8 Å². The summed E-state index contributed by atoms with van der Waals surface area (Å²) in [6, 6.07) is 10.0. The molecule has 2 aromatic heterocycles. The first-order valence-electron chi connectivity index (χ1n) is 9.95. The molecule has 1 amide bonds. The van der Waals surface area contributed by atoms with E-state index >= 15 is 0 Å². The highest BCUT2D eigenvalue weighted by Crippen LogP contribution is 2.42. The Morgan fingerprint density at radius 1 is 1.18 bits per heavy atom. The highest BCUT2D eigenvalue weighted by Gasteiger charge is 2.58. The summed E-state index contributed by atoms with van der Waals surface area (Å²) < 4.78 is 51.7. The van der Waals surface area contributed by atoms with Crippen molar-refractivity contribution in [2.75, 3.05) is 6.61 Å². The Morgan fingerprint density at radius 2 is 1.88 bits per heavy atom. The number of ether oxygens (including phenoxy) is 2. The third-order valence-corrected chi connectivity index (χ3v) is 5.62. The molecule has 0 fully saturated rings. The van der Waals surface area contributed by atoms with Crippen molar-refractivity contribution in [3.05, 3.63) is 64.2 Å². The standard InChI is InChI=1S/C22H22F3N3O4S/c1-3-31-16-4-6-17(7-5-16)32-19-10-15(8-9-26-19)12-27-18(29)11-21(30,22(23,24)25)20-28-14(2)13-33-20/h4-10,13,30H,3,11-12H2,1-2H3,(H,27,29). The number of thiazole rings is 1. The van der Waals surface area contributed by atoms with Gasteiger partial charge in [0.2, 0.25) is 17.4 Å². The number of nitrogens with zero attached hydrogens (tertiary/aromatic N) is 2. The van der Waals surface area contributed by atoms with E-state index < -0.39 is 29.1 Å². The average molecular weight is 481 g/mol. The van der Waals surface area contributed by atoms with E-state index in [4.69, 9.17) is 9.47 Å². The zero-order valence-electron chi connectivity index (χ0n) is 17.8. The third-order valence-electron chi connectivity index (χ3n) is 4.50. The molecule has 0 spiro atoms. The Morgan fingerprint density at radius 3 is 2.48 bits per heavy atom. The van der Waals surface area contributed by atoms with Crippen LogP contribution in [0.3, 0.4) is 0 Å². The van der Waals surface area contributed by atoms with Crippen LogP contribution in [-0.2, 0) is 16.9 Å². The number of carbonyl (C=O) groups is 1. The highest BCUT2D eigenvalue weighted by atomic mass is 32.1. The molecule has 2 N–H and O–H groups in total. The van der Waals surface area contributed by atoms with Gasteiger partial charge in [0.1, 0.15) is 16.5 Å². The van der Waals surface area contributed by atoms with Crippen molar-refractivity contribution >= 4 is 17.2 Å². The van der Waals surface area contributed by atoms with Gasteiger partial charge in [-0.15, -0.1) is 11.3 Å². The maximum Gasteiger partial charge on any atom is 0.424 e. The Balaban J connectivity index is 1.63. The van der Waals surface area contributed by atoms with Crippen molar-refractivity contribution < 1.29 is 32.5 Å². The highest BCUT2D eigenvalue weighted by molar-refractivity contribution is 7.09. The molecule has 33 heavy (non-hydrogen) atoms. The summed E-state index contributed by atoms with van der Waals surface area (Å²) in [6.07, 6.45) is -4.82. The number of aryl methyl sites for hydroxylation is 1. The molecule has 0 saturated carbocycles. The summed E-state index contributed by atoms with van der Waals surface area (Å²) in [4.78, 5) is 20.1. The lowest BCUT2D eigenvalue weighted by atomic mass is 9.99. The van der Waals surface area contributed by atoms with Crippen LogP contribution in [0.5, 0.6) is 17.4 Å². The molecular formula is C22H22F3N3O4S. The fourth-order valence-corrected chi connectivity index (χ4v) is 3.76. The first-order valence-corrected chi connectivity index (χ1v) is 10.8. The van der Waals surface area contributed by atoms with Gasteiger partial charge in [-0.2, -0.15) is 13.2 Å². The first kappa shape index (κ1) is 24.5. The second-order valence-corrected chi connectivity index (χ2v) is 7.97. The van der Waals surface area contributed by atoms with Gasteiger partial charge < -0.3 is 19.9 Å². The van der Waals surface area contributed by atoms with Crippen LogP contribution >= 0.6 is 11.3 Å². The second kappa shape index (κ2) is 10.2. The van der Waals surface area contributed by atoms with Crippen LogP contribution in [0.15, 0.2) is 48.0 Å². The normalized spacial score (nSPS) is 13.3. The number of aliphatic hydroxyl groups is 1. The fraction of sp³-hybridized carbons (Fsp3) is 0.318. The number of nitrogens with one attached hydrogen (secondary N) is 1. The van der Waals surface area contributed by atoms with E-state index in [0.29, 0.717) is 40.7 Å². The number of halogens is 3. The summed E-state index contributed by atoms with van der Waals surface area (Å²) >= 11 is 0.652. The fourth-order valence-electron chi connectivity index (χ4n) is 2.84. The Labute approximate surface area is 192 Å². The minimum atomic E-state index is -5.07. The monoisotopic (exact) mass is 481 g/mol. The van der Waals surface area contributed by atoms with Gasteiger partial charge in [0.25, 0.3) is 0 Å². The van der Waals surface area contributed by atoms with Gasteiger partial charge in [-0.25, -0.2) is 9.97 Å². The lowest BCUT2D eigenvalue weighted by Gasteiger charge is -2.27. The summed E-state index contributed by atoms with van der Waals surface area (Å²) in [5.41, 5.74) is -2.48. The molecule has 3 rings (SSSR count). The largest absolute Gasteiger partial charge is 0.494 e. The Hall–Kier alpha value is -3.18. The SMILES string of the molecule is CCOc1ccc(Oc2cc(CNC(=O)CC(O)(c3nc(C)cs3)C(F)(F)F)ccn2)cc1. The maximum absolute atomic E-state index is 13.6. The van der Waals surface area contributed by atoms with E-state index in [0.717, 1.165) is 0 Å². The molecular weight excluding hydrogens is 459 g/mol. The van der Waals surface area contributed by atoms with Crippen LogP contribution in [0.1, 0.15) is 29.6 Å². The quantitative estimate of drug-likeness (QED) is 0.468. The van der Waals surface area contributed by atoms with Crippen molar-refractivity contribution in [2.45, 2.75) is 38.6 Å². The molecule has 176 valence electrons. The van der Waals surface area contributed by atoms with Gasteiger partial charge in [-0.1, -0.05) is 0 Å². The summed E-state index contributed by atoms with van der Waals surface area (Å²) in [7, 11) is 0. The molecule has 0 saturated heterocycles. The first-order chi connectivity index (χ1) is 15.6. The van der Waals surface area contributed by atoms with Gasteiger partial charge in [-0.05, 0) is 49.7 Å². The lowest BCUT2D eigenvalue weighted by Crippen LogP contribution is -2.46. The topological polar surface area (TPSA) is 93.6 Å². The molecule has 11 heteroatoms. The summed E-state index contributed by atoms with van der Waals surface area (Å²) in [5.74, 6) is 0.478. The zero-order chi connectivity index (χ0) is 24.1. The van der Waals surface area contributed by atoms with Crippen molar-refractivity contribution in [2.24, 2.45) is 0 Å². The van der Waals surface area contributed by atoms with E-state index in [-0.39, 0.29) is 12.4 Å². The molecule has 3 aromatic rings. The van der Waals surface area contributed by atoms with Gasteiger partial charge in [0, 0.05) is 29.9 Å². The van der Waals surface area contributed by atoms with E-state index in [1.165, 1.54) is 18.5 Å². The van der Waals surface area contributed by atoms with Crippen LogP contribution in [0.4, 0.5) is 13.2 Å². The number of aromatic nitrogens is 2. The van der Waals surface area contributed by atoms with E-state index in [9.17, 15) is 23.1 Å². The number of alkyl halides is 3. The number of amides is 1. The number of rotatable bonds is 9. The summed E-state index contributed by atoms with van der Waals surface area (Å²) in [5, 5.41) is 13.5. The van der Waals surface area contributed by atoms with Crippen molar-refractivity contribution in [1.82, 2.24) is 15.3 Å². The van der Waals surface area contributed by atoms with Gasteiger partial charge in [0.15, 0.2) is 0 Å². The molecule has 0 radical (unpaired) electrons. The van der Waals surface area contributed by atoms with Gasteiger partial charge in [-0.3, -0.25) is 4.79 Å². The number of hydrogen-bond donors (Lipinski definition) is 2. The number of carbonyl (C=O) groups excluding carboxylic acids is 1. The molecule has 1 atom stereocenters. The van der Waals surface area contributed by atoms with Crippen molar-refractivity contribution in [3.8, 4) is 17.4 Å². The van der Waals surface area contributed by atoms with Crippen LogP contribution in [-0.4, -0.2) is 33.8 Å². The molecule has 1 unspecified atom stereocenters. The predicted octanol–water partition coefficient (Wildman–Crippen LogP) is 4.49.